The summed E-state index contributed by atoms with van der Waals surface area (Å²) >= 11 is 1.65. The van der Waals surface area contributed by atoms with Gasteiger partial charge in [0.05, 0.1) is 6.54 Å². The molecule has 0 saturated carbocycles. The maximum Gasteiger partial charge on any atom is 0.236 e. The molecule has 1 amide bonds. The lowest BCUT2D eigenvalue weighted by molar-refractivity contribution is -0.134. The molecule has 1 aromatic carbocycles. The molecule has 168 valence electrons. The summed E-state index contributed by atoms with van der Waals surface area (Å²) in [6.45, 7) is 7.29. The largest absolute Gasteiger partial charge is 0.342 e. The molecule has 0 radical (unpaired) electrons. The van der Waals surface area contributed by atoms with Gasteiger partial charge in [-0.1, -0.05) is 42.1 Å². The van der Waals surface area contributed by atoms with Crippen LogP contribution in [0, 0.1) is 5.92 Å². The number of hydrogen-bond acceptors (Lipinski definition) is 5. The Balaban J connectivity index is 1.27. The summed E-state index contributed by atoms with van der Waals surface area (Å²) in [6.07, 6.45) is 7.65. The van der Waals surface area contributed by atoms with Crippen molar-refractivity contribution in [2.75, 3.05) is 39.0 Å². The summed E-state index contributed by atoms with van der Waals surface area (Å²) in [6, 6.07) is 10.7. The zero-order valence-corrected chi connectivity index (χ0v) is 19.7. The lowest BCUT2D eigenvalue weighted by atomic mass is 9.90. The maximum atomic E-state index is 13.0. The van der Waals surface area contributed by atoms with Gasteiger partial charge in [-0.15, -0.1) is 10.2 Å². The van der Waals surface area contributed by atoms with Crippen molar-refractivity contribution in [3.63, 3.8) is 0 Å². The van der Waals surface area contributed by atoms with Crippen LogP contribution in [0.3, 0.4) is 0 Å². The summed E-state index contributed by atoms with van der Waals surface area (Å²) in [5.41, 5.74) is 1.41. The van der Waals surface area contributed by atoms with Crippen LogP contribution in [-0.2, 0) is 17.8 Å². The van der Waals surface area contributed by atoms with Crippen molar-refractivity contribution in [2.24, 2.45) is 5.92 Å². The van der Waals surface area contributed by atoms with Crippen LogP contribution in [0.5, 0.6) is 0 Å². The minimum Gasteiger partial charge on any atom is -0.342 e. The van der Waals surface area contributed by atoms with Crippen LogP contribution in [0.25, 0.3) is 0 Å². The highest BCUT2D eigenvalue weighted by molar-refractivity contribution is 7.98. The standard InChI is InChI=1S/C24H35N5OS/c1-3-29-23(25-26-24(29)31-2)21-10-7-13-27(17-21)18-22(30)28-14-11-20(12-15-28)16-19-8-5-4-6-9-19/h4-6,8-9,20-21H,3,7,10-18H2,1-2H3. The first kappa shape index (κ1) is 22.3. The van der Waals surface area contributed by atoms with Crippen molar-refractivity contribution < 1.29 is 4.79 Å². The van der Waals surface area contributed by atoms with Crippen LogP contribution < -0.4 is 0 Å². The van der Waals surface area contributed by atoms with Crippen LogP contribution in [0.1, 0.15) is 49.9 Å². The fourth-order valence-electron chi connectivity index (χ4n) is 5.09. The van der Waals surface area contributed by atoms with Gasteiger partial charge in [-0.25, -0.2) is 0 Å². The van der Waals surface area contributed by atoms with Gasteiger partial charge in [-0.05, 0) is 63.3 Å². The molecule has 2 fully saturated rings. The van der Waals surface area contributed by atoms with Gasteiger partial charge in [0.1, 0.15) is 5.82 Å². The number of likely N-dealkylation sites (tertiary alicyclic amines) is 2. The number of nitrogens with zero attached hydrogens (tertiary/aromatic N) is 5. The highest BCUT2D eigenvalue weighted by atomic mass is 32.2. The van der Waals surface area contributed by atoms with E-state index in [2.05, 4.69) is 68.1 Å². The highest BCUT2D eigenvalue weighted by Crippen LogP contribution is 2.28. The molecule has 7 heteroatoms. The molecule has 0 aliphatic carbocycles. The van der Waals surface area contributed by atoms with Gasteiger partial charge in [-0.2, -0.15) is 0 Å². The smallest absolute Gasteiger partial charge is 0.236 e. The van der Waals surface area contributed by atoms with E-state index in [9.17, 15) is 4.79 Å². The summed E-state index contributed by atoms with van der Waals surface area (Å²) in [5, 5.41) is 9.85. The third kappa shape index (κ3) is 5.50. The van der Waals surface area contributed by atoms with Crippen LogP contribution in [-0.4, -0.2) is 69.5 Å². The zero-order chi connectivity index (χ0) is 21.6. The third-order valence-electron chi connectivity index (χ3n) is 6.81. The van der Waals surface area contributed by atoms with E-state index in [0.29, 0.717) is 24.3 Å². The van der Waals surface area contributed by atoms with Crippen molar-refractivity contribution >= 4 is 17.7 Å². The van der Waals surface area contributed by atoms with Gasteiger partial charge in [-0.3, -0.25) is 9.69 Å². The van der Waals surface area contributed by atoms with E-state index >= 15 is 0 Å². The first-order valence-corrected chi connectivity index (χ1v) is 12.9. The van der Waals surface area contributed by atoms with Crippen molar-refractivity contribution in [3.05, 3.63) is 41.7 Å². The molecule has 0 spiro atoms. The second kappa shape index (κ2) is 10.6. The molecular weight excluding hydrogens is 406 g/mol. The number of aromatic nitrogens is 3. The van der Waals surface area contributed by atoms with Crippen LogP contribution in [0.15, 0.2) is 35.5 Å². The Morgan fingerprint density at radius 3 is 2.58 bits per heavy atom. The number of piperidine rings is 2. The van der Waals surface area contributed by atoms with E-state index < -0.39 is 0 Å². The van der Waals surface area contributed by atoms with E-state index in [-0.39, 0.29) is 0 Å². The molecule has 1 aromatic heterocycles. The van der Waals surface area contributed by atoms with Crippen molar-refractivity contribution in [1.82, 2.24) is 24.6 Å². The Hall–Kier alpha value is -1.86. The Morgan fingerprint density at radius 1 is 1.10 bits per heavy atom. The molecule has 3 heterocycles. The lowest BCUT2D eigenvalue weighted by Crippen LogP contribution is -2.46. The van der Waals surface area contributed by atoms with Gasteiger partial charge in [0.25, 0.3) is 0 Å². The number of amides is 1. The fraction of sp³-hybridized carbons (Fsp3) is 0.625. The van der Waals surface area contributed by atoms with E-state index in [1.165, 1.54) is 5.56 Å². The average Bonchev–Trinajstić information content (AvgIpc) is 3.23. The minimum absolute atomic E-state index is 0.292. The number of carbonyl (C=O) groups excluding carboxylic acids is 1. The van der Waals surface area contributed by atoms with Gasteiger partial charge in [0.2, 0.25) is 5.91 Å². The van der Waals surface area contributed by atoms with E-state index in [4.69, 9.17) is 0 Å². The fourth-order valence-corrected chi connectivity index (χ4v) is 5.65. The molecule has 0 bridgehead atoms. The molecule has 6 nitrogen and oxygen atoms in total. The maximum absolute atomic E-state index is 13.0. The third-order valence-corrected chi connectivity index (χ3v) is 7.48. The minimum atomic E-state index is 0.292. The second-order valence-corrected chi connectivity index (χ2v) is 9.65. The van der Waals surface area contributed by atoms with Crippen LogP contribution in [0.4, 0.5) is 0 Å². The van der Waals surface area contributed by atoms with Crippen molar-refractivity contribution in [2.45, 2.75) is 56.6 Å². The first-order valence-electron chi connectivity index (χ1n) is 11.7. The SMILES string of the molecule is CCn1c(SC)nnc1C1CCCN(CC(=O)N2CCC(Cc3ccccc3)CC2)C1. The van der Waals surface area contributed by atoms with E-state index in [0.717, 1.165) is 75.8 Å². The molecule has 4 rings (SSSR count). The Bertz CT molecular complexity index is 847. The van der Waals surface area contributed by atoms with Crippen molar-refractivity contribution in [3.8, 4) is 0 Å². The number of hydrogen-bond donors (Lipinski definition) is 0. The number of benzene rings is 1. The molecule has 2 saturated heterocycles. The predicted octanol–water partition coefficient (Wildman–Crippen LogP) is 3.68. The summed E-state index contributed by atoms with van der Waals surface area (Å²) in [5.74, 6) is 2.44. The monoisotopic (exact) mass is 441 g/mol. The normalized spacial score (nSPS) is 20.8. The second-order valence-electron chi connectivity index (χ2n) is 8.88. The number of thioether (sulfide) groups is 1. The summed E-state index contributed by atoms with van der Waals surface area (Å²) < 4.78 is 2.23. The summed E-state index contributed by atoms with van der Waals surface area (Å²) in [4.78, 5) is 17.4. The zero-order valence-electron chi connectivity index (χ0n) is 18.9. The quantitative estimate of drug-likeness (QED) is 0.614. The van der Waals surface area contributed by atoms with E-state index in [1.807, 2.05) is 0 Å². The first-order chi connectivity index (χ1) is 15.2. The Labute approximate surface area is 190 Å². The topological polar surface area (TPSA) is 54.3 Å². The van der Waals surface area contributed by atoms with Crippen molar-refractivity contribution in [1.29, 1.82) is 0 Å². The highest BCUT2D eigenvalue weighted by Gasteiger charge is 2.29. The molecule has 31 heavy (non-hydrogen) atoms. The van der Waals surface area contributed by atoms with Crippen LogP contribution >= 0.6 is 11.8 Å². The van der Waals surface area contributed by atoms with Gasteiger partial charge < -0.3 is 9.47 Å². The molecule has 2 aliphatic rings. The van der Waals surface area contributed by atoms with Gasteiger partial charge in [0, 0.05) is 32.1 Å². The molecule has 2 aliphatic heterocycles. The molecule has 1 atom stereocenters. The molecule has 0 N–H and O–H groups in total. The Morgan fingerprint density at radius 2 is 1.87 bits per heavy atom. The summed E-state index contributed by atoms with van der Waals surface area (Å²) in [7, 11) is 0. The van der Waals surface area contributed by atoms with Gasteiger partial charge in [0.15, 0.2) is 5.16 Å². The lowest BCUT2D eigenvalue weighted by Gasteiger charge is -2.36. The molecule has 2 aromatic rings. The predicted molar refractivity (Wildman–Crippen MR) is 125 cm³/mol. The number of rotatable bonds is 7. The molecule has 1 unspecified atom stereocenters. The van der Waals surface area contributed by atoms with Gasteiger partial charge >= 0.3 is 0 Å². The van der Waals surface area contributed by atoms with E-state index in [1.54, 1.807) is 11.8 Å². The molecular formula is C24H35N5OS. The van der Waals surface area contributed by atoms with Crippen LogP contribution in [0.2, 0.25) is 0 Å². The Kier molecular flexibility index (Phi) is 7.67. The number of carbonyl (C=O) groups is 1. The average molecular weight is 442 g/mol.